The topological polar surface area (TPSA) is 44.8 Å². The molecule has 2 unspecified atom stereocenters. The van der Waals surface area contributed by atoms with Gasteiger partial charge in [-0.1, -0.05) is 38.5 Å². The van der Waals surface area contributed by atoms with E-state index in [4.69, 9.17) is 9.47 Å². The van der Waals surface area contributed by atoms with Crippen molar-refractivity contribution in [2.24, 2.45) is 0 Å². The highest BCUT2D eigenvalue weighted by molar-refractivity contribution is 5.68. The molecule has 0 aliphatic carbocycles. The number of esters is 1. The van der Waals surface area contributed by atoms with E-state index in [9.17, 15) is 4.79 Å². The van der Waals surface area contributed by atoms with Gasteiger partial charge >= 0.3 is 5.97 Å². The highest BCUT2D eigenvalue weighted by Crippen LogP contribution is 2.18. The third-order valence-corrected chi connectivity index (χ3v) is 4.24. The Bertz CT molecular complexity index is 274. The molecule has 2 atom stereocenters. The third kappa shape index (κ3) is 10.2. The Balaban J connectivity index is 1.83. The zero-order valence-electron chi connectivity index (χ0n) is 14.5. The summed E-state index contributed by atoms with van der Waals surface area (Å²) in [7, 11) is 1.45. The molecule has 1 saturated heterocycles. The third-order valence-electron chi connectivity index (χ3n) is 4.24. The maximum Gasteiger partial charge on any atom is 0.305 e. The van der Waals surface area contributed by atoms with Crippen LogP contribution in [0.5, 0.6) is 0 Å². The lowest BCUT2D eigenvalue weighted by atomic mass is 10.1. The molecular weight excluding hydrogens is 280 g/mol. The van der Waals surface area contributed by atoms with Gasteiger partial charge in [0.15, 0.2) is 6.29 Å². The summed E-state index contributed by atoms with van der Waals surface area (Å²) in [6.07, 6.45) is 13.9. The van der Waals surface area contributed by atoms with Crippen LogP contribution in [-0.4, -0.2) is 32.1 Å². The second-order valence-electron chi connectivity index (χ2n) is 6.33. The fraction of sp³-hybridized carbons (Fsp3) is 0.944. The van der Waals surface area contributed by atoms with Crippen LogP contribution in [0.2, 0.25) is 0 Å². The van der Waals surface area contributed by atoms with Gasteiger partial charge in [-0.2, -0.15) is 0 Å². The molecule has 0 N–H and O–H groups in total. The summed E-state index contributed by atoms with van der Waals surface area (Å²) in [6, 6.07) is 0. The Hall–Kier alpha value is -0.610. The average molecular weight is 314 g/mol. The molecule has 0 spiro atoms. The van der Waals surface area contributed by atoms with Gasteiger partial charge in [0.05, 0.1) is 13.2 Å². The first-order valence-electron chi connectivity index (χ1n) is 9.06. The van der Waals surface area contributed by atoms with Gasteiger partial charge in [-0.25, -0.2) is 0 Å². The first-order chi connectivity index (χ1) is 10.7. The second kappa shape index (κ2) is 12.9. The van der Waals surface area contributed by atoms with E-state index in [-0.39, 0.29) is 12.3 Å². The van der Waals surface area contributed by atoms with Crippen molar-refractivity contribution in [3.8, 4) is 0 Å². The van der Waals surface area contributed by atoms with Crippen LogP contribution in [0.25, 0.3) is 0 Å². The van der Waals surface area contributed by atoms with Crippen LogP contribution in [0.1, 0.15) is 84.0 Å². The molecule has 1 aliphatic rings. The fourth-order valence-corrected chi connectivity index (χ4v) is 2.83. The Labute approximate surface area is 135 Å². The molecule has 130 valence electrons. The highest BCUT2D eigenvalue weighted by Gasteiger charge is 2.16. The molecule has 1 heterocycles. The van der Waals surface area contributed by atoms with Crippen LogP contribution in [-0.2, 0) is 19.0 Å². The lowest BCUT2D eigenvalue weighted by Crippen LogP contribution is -2.26. The van der Waals surface area contributed by atoms with Crippen LogP contribution in [0.3, 0.4) is 0 Å². The number of hydrogen-bond acceptors (Lipinski definition) is 4. The van der Waals surface area contributed by atoms with Crippen molar-refractivity contribution in [3.63, 3.8) is 0 Å². The van der Waals surface area contributed by atoms with E-state index in [1.54, 1.807) is 0 Å². The van der Waals surface area contributed by atoms with Crippen LogP contribution in [0.4, 0.5) is 0 Å². The summed E-state index contributed by atoms with van der Waals surface area (Å²) in [5.74, 6) is -0.0871. The van der Waals surface area contributed by atoms with Crippen molar-refractivity contribution in [2.45, 2.75) is 96.4 Å². The largest absolute Gasteiger partial charge is 0.469 e. The van der Waals surface area contributed by atoms with E-state index in [0.717, 1.165) is 32.3 Å². The predicted molar refractivity (Wildman–Crippen MR) is 87.7 cm³/mol. The Morgan fingerprint density at radius 3 is 2.41 bits per heavy atom. The van der Waals surface area contributed by atoms with Gasteiger partial charge in [0.2, 0.25) is 0 Å². The SMILES string of the molecule is COC(=O)CCCCCCCCCC(C)OC1CCCCO1. The van der Waals surface area contributed by atoms with Crippen LogP contribution in [0, 0.1) is 0 Å². The van der Waals surface area contributed by atoms with Crippen molar-refractivity contribution in [1.29, 1.82) is 0 Å². The maximum absolute atomic E-state index is 10.9. The van der Waals surface area contributed by atoms with Gasteiger partial charge in [-0.15, -0.1) is 0 Å². The summed E-state index contributed by atoms with van der Waals surface area (Å²) >= 11 is 0. The zero-order valence-corrected chi connectivity index (χ0v) is 14.5. The number of carbonyl (C=O) groups excluding carboxylic acids is 1. The van der Waals surface area contributed by atoms with Crippen LogP contribution in [0.15, 0.2) is 0 Å². The molecule has 0 aromatic heterocycles. The Morgan fingerprint density at radius 2 is 1.77 bits per heavy atom. The van der Waals surface area contributed by atoms with Crippen molar-refractivity contribution in [2.75, 3.05) is 13.7 Å². The summed E-state index contributed by atoms with van der Waals surface area (Å²) in [6.45, 7) is 3.01. The first kappa shape index (κ1) is 19.4. The van der Waals surface area contributed by atoms with E-state index in [1.807, 2.05) is 0 Å². The highest BCUT2D eigenvalue weighted by atomic mass is 16.7. The zero-order chi connectivity index (χ0) is 16.0. The predicted octanol–water partition coefficient (Wildman–Crippen LogP) is 4.60. The van der Waals surface area contributed by atoms with Crippen LogP contribution >= 0.6 is 0 Å². The van der Waals surface area contributed by atoms with Gasteiger partial charge in [-0.05, 0) is 39.0 Å². The van der Waals surface area contributed by atoms with Crippen molar-refractivity contribution in [1.82, 2.24) is 0 Å². The monoisotopic (exact) mass is 314 g/mol. The van der Waals surface area contributed by atoms with E-state index >= 15 is 0 Å². The minimum absolute atomic E-state index is 0.0403. The summed E-state index contributed by atoms with van der Waals surface area (Å²) in [4.78, 5) is 10.9. The van der Waals surface area contributed by atoms with Gasteiger partial charge in [0.25, 0.3) is 0 Å². The summed E-state index contributed by atoms with van der Waals surface area (Å²) in [5, 5.41) is 0. The molecule has 0 amide bonds. The molecule has 0 bridgehead atoms. The summed E-state index contributed by atoms with van der Waals surface area (Å²) < 4.78 is 16.1. The number of ether oxygens (including phenoxy) is 3. The van der Waals surface area contributed by atoms with E-state index < -0.39 is 0 Å². The summed E-state index contributed by atoms with van der Waals surface area (Å²) in [5.41, 5.74) is 0. The number of unbranched alkanes of at least 4 members (excludes halogenated alkanes) is 6. The number of hydrogen-bond donors (Lipinski definition) is 0. The molecule has 0 aromatic carbocycles. The fourth-order valence-electron chi connectivity index (χ4n) is 2.83. The smallest absolute Gasteiger partial charge is 0.305 e. The maximum atomic E-state index is 10.9. The normalized spacial score (nSPS) is 19.8. The van der Waals surface area contributed by atoms with Gasteiger partial charge < -0.3 is 14.2 Å². The molecule has 1 aliphatic heterocycles. The molecule has 0 saturated carbocycles. The number of carbonyl (C=O) groups is 1. The molecule has 1 rings (SSSR count). The first-order valence-corrected chi connectivity index (χ1v) is 9.06. The Kier molecular flexibility index (Phi) is 11.4. The second-order valence-corrected chi connectivity index (χ2v) is 6.33. The Morgan fingerprint density at radius 1 is 1.09 bits per heavy atom. The molecule has 22 heavy (non-hydrogen) atoms. The standard InChI is InChI=1S/C18H34O4/c1-16(22-18-14-10-11-15-21-18)12-8-6-4-3-5-7-9-13-17(19)20-2/h16,18H,3-15H2,1-2H3. The minimum atomic E-state index is -0.0871. The average Bonchev–Trinajstić information content (AvgIpc) is 2.54. The molecule has 4 heteroatoms. The molecular formula is C18H34O4. The molecule has 4 nitrogen and oxygen atoms in total. The molecule has 0 aromatic rings. The van der Waals surface area contributed by atoms with E-state index in [0.29, 0.717) is 12.5 Å². The van der Waals surface area contributed by atoms with Gasteiger partial charge in [0.1, 0.15) is 0 Å². The van der Waals surface area contributed by atoms with Crippen molar-refractivity contribution >= 4 is 5.97 Å². The number of methoxy groups -OCH3 is 1. The lowest BCUT2D eigenvalue weighted by Gasteiger charge is -2.26. The minimum Gasteiger partial charge on any atom is -0.469 e. The van der Waals surface area contributed by atoms with E-state index in [2.05, 4.69) is 11.7 Å². The molecule has 0 radical (unpaired) electrons. The van der Waals surface area contributed by atoms with E-state index in [1.165, 1.54) is 52.1 Å². The van der Waals surface area contributed by atoms with Crippen molar-refractivity contribution in [3.05, 3.63) is 0 Å². The lowest BCUT2D eigenvalue weighted by molar-refractivity contribution is -0.185. The number of rotatable bonds is 12. The quantitative estimate of drug-likeness (QED) is 0.390. The van der Waals surface area contributed by atoms with Crippen molar-refractivity contribution < 1.29 is 19.0 Å². The van der Waals surface area contributed by atoms with Gasteiger partial charge in [0, 0.05) is 13.0 Å². The van der Waals surface area contributed by atoms with Gasteiger partial charge in [-0.3, -0.25) is 4.79 Å². The molecule has 1 fully saturated rings. The van der Waals surface area contributed by atoms with Crippen LogP contribution < -0.4 is 0 Å².